The number of nitrogens with one attached hydrogen (secondary N) is 1. The zero-order valence-electron chi connectivity index (χ0n) is 18.3. The van der Waals surface area contributed by atoms with Crippen LogP contribution in [0.2, 0.25) is 5.02 Å². The fraction of sp³-hybridized carbons (Fsp3) is 0.125. The standard InChI is InChI=1S/C24H19ClN6O3/c1-14-6-3-7-15(2)20(14)26-19(32)13-31-24(33)30-11-5-10-18(22(30)28-31)23-27-21(29-34-23)16-8-4-9-17(25)12-16/h3-12H,13H2,1-2H3,(H,26,32). The van der Waals surface area contributed by atoms with E-state index < -0.39 is 5.69 Å². The molecule has 3 heterocycles. The van der Waals surface area contributed by atoms with Crippen molar-refractivity contribution in [3.05, 3.63) is 87.4 Å². The van der Waals surface area contributed by atoms with Gasteiger partial charge in [-0.2, -0.15) is 4.98 Å². The zero-order chi connectivity index (χ0) is 23.8. The summed E-state index contributed by atoms with van der Waals surface area (Å²) in [6, 6.07) is 16.2. The lowest BCUT2D eigenvalue weighted by Gasteiger charge is -2.10. The van der Waals surface area contributed by atoms with Gasteiger partial charge in [0.05, 0.1) is 5.56 Å². The van der Waals surface area contributed by atoms with E-state index >= 15 is 0 Å². The normalized spacial score (nSPS) is 11.1. The van der Waals surface area contributed by atoms with Crippen LogP contribution in [-0.4, -0.2) is 30.2 Å². The Morgan fingerprint density at radius 2 is 1.85 bits per heavy atom. The van der Waals surface area contributed by atoms with E-state index in [4.69, 9.17) is 16.1 Å². The summed E-state index contributed by atoms with van der Waals surface area (Å²) >= 11 is 6.06. The van der Waals surface area contributed by atoms with Gasteiger partial charge in [-0.3, -0.25) is 4.79 Å². The molecule has 0 radical (unpaired) electrons. The maximum Gasteiger partial charge on any atom is 0.350 e. The molecule has 3 aromatic heterocycles. The van der Waals surface area contributed by atoms with Crippen molar-refractivity contribution in [1.82, 2.24) is 24.3 Å². The predicted molar refractivity (Wildman–Crippen MR) is 128 cm³/mol. The topological polar surface area (TPSA) is 107 Å². The van der Waals surface area contributed by atoms with E-state index in [1.165, 1.54) is 4.40 Å². The number of pyridine rings is 1. The molecule has 1 amide bonds. The average Bonchev–Trinajstić information content (AvgIpc) is 3.42. The van der Waals surface area contributed by atoms with Crippen LogP contribution in [0.15, 0.2) is 70.1 Å². The summed E-state index contributed by atoms with van der Waals surface area (Å²) in [5.74, 6) is 0.192. The maximum absolute atomic E-state index is 12.9. The van der Waals surface area contributed by atoms with Gasteiger partial charge >= 0.3 is 5.69 Å². The summed E-state index contributed by atoms with van der Waals surface area (Å²) in [5.41, 5.74) is 3.60. The minimum atomic E-state index is -0.455. The minimum absolute atomic E-state index is 0.192. The molecule has 0 saturated carbocycles. The molecule has 34 heavy (non-hydrogen) atoms. The summed E-state index contributed by atoms with van der Waals surface area (Å²) in [7, 11) is 0. The second-order valence-corrected chi connectivity index (χ2v) is 8.24. The molecule has 2 aromatic carbocycles. The van der Waals surface area contributed by atoms with Gasteiger partial charge < -0.3 is 9.84 Å². The minimum Gasteiger partial charge on any atom is -0.333 e. The fourth-order valence-electron chi connectivity index (χ4n) is 3.71. The number of carbonyl (C=O) groups excluding carboxylic acids is 1. The number of hydrogen-bond donors (Lipinski definition) is 1. The van der Waals surface area contributed by atoms with Crippen molar-refractivity contribution in [1.29, 1.82) is 0 Å². The van der Waals surface area contributed by atoms with Crippen molar-refractivity contribution in [2.45, 2.75) is 20.4 Å². The Bertz CT molecular complexity index is 1580. The Labute approximate surface area is 198 Å². The van der Waals surface area contributed by atoms with E-state index in [2.05, 4.69) is 20.6 Å². The molecule has 0 atom stereocenters. The van der Waals surface area contributed by atoms with Gasteiger partial charge in [-0.25, -0.2) is 13.9 Å². The molecule has 170 valence electrons. The van der Waals surface area contributed by atoms with Crippen LogP contribution in [0.3, 0.4) is 0 Å². The number of rotatable bonds is 5. The van der Waals surface area contributed by atoms with Crippen LogP contribution in [-0.2, 0) is 11.3 Å². The third-order valence-corrected chi connectivity index (χ3v) is 5.62. The fourth-order valence-corrected chi connectivity index (χ4v) is 3.90. The molecule has 5 aromatic rings. The van der Waals surface area contributed by atoms with Crippen molar-refractivity contribution in [2.24, 2.45) is 0 Å². The lowest BCUT2D eigenvalue weighted by atomic mass is 10.1. The van der Waals surface area contributed by atoms with Crippen molar-refractivity contribution in [3.8, 4) is 22.8 Å². The number of fused-ring (bicyclic) bond motifs is 1. The number of anilines is 1. The molecule has 0 aliphatic rings. The Hall–Kier alpha value is -4.24. The van der Waals surface area contributed by atoms with Gasteiger partial charge in [0.2, 0.25) is 11.7 Å². The van der Waals surface area contributed by atoms with Crippen LogP contribution in [0.5, 0.6) is 0 Å². The smallest absolute Gasteiger partial charge is 0.333 e. The lowest BCUT2D eigenvalue weighted by Crippen LogP contribution is -2.28. The van der Waals surface area contributed by atoms with Gasteiger partial charge in [0.15, 0.2) is 5.65 Å². The van der Waals surface area contributed by atoms with Gasteiger partial charge in [0.1, 0.15) is 6.54 Å². The number of halogens is 1. The molecule has 0 aliphatic carbocycles. The van der Waals surface area contributed by atoms with E-state index in [1.807, 2.05) is 38.1 Å². The molecule has 10 heteroatoms. The molecule has 0 saturated heterocycles. The van der Waals surface area contributed by atoms with Crippen molar-refractivity contribution >= 4 is 28.8 Å². The molecular weight excluding hydrogens is 456 g/mol. The Kier molecular flexibility index (Phi) is 5.46. The van der Waals surface area contributed by atoms with Crippen LogP contribution in [0.25, 0.3) is 28.5 Å². The Morgan fingerprint density at radius 3 is 2.62 bits per heavy atom. The molecule has 9 nitrogen and oxygen atoms in total. The molecule has 0 spiro atoms. The summed E-state index contributed by atoms with van der Waals surface area (Å²) in [6.45, 7) is 3.58. The van der Waals surface area contributed by atoms with Crippen LogP contribution < -0.4 is 11.0 Å². The second kappa shape index (κ2) is 8.60. The first kappa shape index (κ1) is 21.6. The number of aromatic nitrogens is 5. The number of carbonyl (C=O) groups is 1. The van der Waals surface area contributed by atoms with Crippen molar-refractivity contribution in [2.75, 3.05) is 5.32 Å². The summed E-state index contributed by atoms with van der Waals surface area (Å²) in [4.78, 5) is 30.0. The summed E-state index contributed by atoms with van der Waals surface area (Å²) in [6.07, 6.45) is 1.57. The van der Waals surface area contributed by atoms with E-state index in [9.17, 15) is 9.59 Å². The highest BCUT2D eigenvalue weighted by atomic mass is 35.5. The highest BCUT2D eigenvalue weighted by Gasteiger charge is 2.19. The van der Waals surface area contributed by atoms with E-state index in [-0.39, 0.29) is 18.3 Å². The number of benzene rings is 2. The molecule has 0 unspecified atom stereocenters. The van der Waals surface area contributed by atoms with Gasteiger partial charge in [-0.15, -0.1) is 5.10 Å². The van der Waals surface area contributed by atoms with Gasteiger partial charge in [-0.05, 0) is 49.2 Å². The summed E-state index contributed by atoms with van der Waals surface area (Å²) < 4.78 is 7.89. The van der Waals surface area contributed by atoms with E-state index in [1.54, 1.807) is 36.5 Å². The highest BCUT2D eigenvalue weighted by molar-refractivity contribution is 6.30. The molecule has 5 rings (SSSR count). The number of nitrogens with zero attached hydrogens (tertiary/aromatic N) is 5. The Balaban J connectivity index is 1.47. The number of hydrogen-bond acceptors (Lipinski definition) is 6. The monoisotopic (exact) mass is 474 g/mol. The van der Waals surface area contributed by atoms with Crippen LogP contribution in [0.4, 0.5) is 5.69 Å². The first-order valence-electron chi connectivity index (χ1n) is 10.4. The first-order valence-corrected chi connectivity index (χ1v) is 10.8. The van der Waals surface area contributed by atoms with Crippen LogP contribution in [0, 0.1) is 13.8 Å². The number of aryl methyl sites for hydroxylation is 2. The summed E-state index contributed by atoms with van der Waals surface area (Å²) in [5, 5.41) is 11.8. The quantitative estimate of drug-likeness (QED) is 0.410. The lowest BCUT2D eigenvalue weighted by molar-refractivity contribution is -0.117. The third-order valence-electron chi connectivity index (χ3n) is 5.39. The van der Waals surface area contributed by atoms with Gasteiger partial charge in [0, 0.05) is 22.5 Å². The van der Waals surface area contributed by atoms with E-state index in [0.717, 1.165) is 21.5 Å². The molecule has 0 aliphatic heterocycles. The van der Waals surface area contributed by atoms with Crippen LogP contribution >= 0.6 is 11.6 Å². The first-order chi connectivity index (χ1) is 16.4. The van der Waals surface area contributed by atoms with Crippen molar-refractivity contribution < 1.29 is 9.32 Å². The highest BCUT2D eigenvalue weighted by Crippen LogP contribution is 2.26. The van der Waals surface area contributed by atoms with Gasteiger partial charge in [-0.1, -0.05) is 47.1 Å². The molecular formula is C24H19ClN6O3. The number of amides is 1. The largest absolute Gasteiger partial charge is 0.350 e. The SMILES string of the molecule is Cc1cccc(C)c1NC(=O)Cn1nc2c(-c3nc(-c4cccc(Cl)c4)no3)cccn2c1=O. The molecule has 0 bridgehead atoms. The third kappa shape index (κ3) is 3.97. The predicted octanol–water partition coefficient (Wildman–Crippen LogP) is 4.12. The zero-order valence-corrected chi connectivity index (χ0v) is 19.1. The Morgan fingerprint density at radius 1 is 1.09 bits per heavy atom. The van der Waals surface area contributed by atoms with Crippen molar-refractivity contribution in [3.63, 3.8) is 0 Å². The van der Waals surface area contributed by atoms with Crippen LogP contribution in [0.1, 0.15) is 11.1 Å². The van der Waals surface area contributed by atoms with Gasteiger partial charge in [0.25, 0.3) is 5.89 Å². The maximum atomic E-state index is 12.9. The second-order valence-electron chi connectivity index (χ2n) is 7.80. The molecule has 1 N–H and O–H groups in total. The number of para-hydroxylation sites is 1. The van der Waals surface area contributed by atoms with E-state index in [0.29, 0.717) is 27.6 Å². The molecule has 0 fully saturated rings. The average molecular weight is 475 g/mol.